The molecule has 0 radical (unpaired) electrons. The predicted octanol–water partition coefficient (Wildman–Crippen LogP) is 3.31. The topological polar surface area (TPSA) is 52.0 Å². The fraction of sp³-hybridized carbons (Fsp3) is 0. The van der Waals surface area contributed by atoms with Crippen LogP contribution in [0, 0.1) is 0 Å². The molecule has 0 amide bonds. The molecule has 0 atom stereocenters. The minimum atomic E-state index is 0.571. The first-order chi connectivity index (χ1) is 6.58. The van der Waals surface area contributed by atoms with Gasteiger partial charge in [0.05, 0.1) is 0 Å². The van der Waals surface area contributed by atoms with Gasteiger partial charge in [0.1, 0.15) is 0 Å². The molecule has 0 saturated heterocycles. The molecule has 0 heterocycles. The predicted molar refractivity (Wildman–Crippen MR) is 62.8 cm³/mol. The van der Waals surface area contributed by atoms with Crippen molar-refractivity contribution in [2.45, 2.75) is 0 Å². The van der Waals surface area contributed by atoms with Crippen LogP contribution in [0.1, 0.15) is 0 Å². The van der Waals surface area contributed by atoms with E-state index in [2.05, 4.69) is 0 Å². The summed E-state index contributed by atoms with van der Waals surface area (Å²) in [7, 11) is 0. The lowest BCUT2D eigenvalue weighted by atomic mass is 10.1. The van der Waals surface area contributed by atoms with Crippen LogP contribution in [-0.2, 0) is 0 Å². The Balaban J connectivity index is 2.94. The second-order valence-electron chi connectivity index (χ2n) is 3.09. The molecule has 4 heteroatoms. The van der Waals surface area contributed by atoms with Gasteiger partial charge in [-0.1, -0.05) is 23.2 Å². The van der Waals surface area contributed by atoms with E-state index in [0.717, 1.165) is 10.8 Å². The lowest BCUT2D eigenvalue weighted by Crippen LogP contribution is -1.93. The molecule has 0 bridgehead atoms. The molecule has 0 unspecified atom stereocenters. The lowest BCUT2D eigenvalue weighted by Gasteiger charge is -2.06. The minimum Gasteiger partial charge on any atom is -0.398 e. The number of anilines is 2. The molecule has 4 N–H and O–H groups in total. The number of halogens is 2. The highest BCUT2D eigenvalue weighted by Gasteiger charge is 2.05. The molecule has 2 nitrogen and oxygen atoms in total. The number of nitrogen functional groups attached to an aromatic ring is 2. The number of benzene rings is 2. The number of hydrogen-bond donors (Lipinski definition) is 2. The van der Waals surface area contributed by atoms with Crippen molar-refractivity contribution >= 4 is 45.3 Å². The quantitative estimate of drug-likeness (QED) is 0.678. The molecule has 2 aromatic rings. The molecule has 0 aliphatic carbocycles. The van der Waals surface area contributed by atoms with Gasteiger partial charge in [-0.25, -0.2) is 0 Å². The minimum absolute atomic E-state index is 0.571. The van der Waals surface area contributed by atoms with Gasteiger partial charge in [-0.05, 0) is 29.7 Å². The largest absolute Gasteiger partial charge is 0.398 e. The summed E-state index contributed by atoms with van der Waals surface area (Å²) in [5, 5.41) is 2.83. The zero-order valence-corrected chi connectivity index (χ0v) is 8.73. The van der Waals surface area contributed by atoms with Gasteiger partial charge >= 0.3 is 0 Å². The molecular weight excluding hydrogens is 219 g/mol. The van der Waals surface area contributed by atoms with Crippen LogP contribution in [0.4, 0.5) is 11.4 Å². The van der Waals surface area contributed by atoms with Gasteiger partial charge < -0.3 is 11.5 Å². The summed E-state index contributed by atoms with van der Waals surface area (Å²) in [6, 6.07) is 6.92. The molecule has 2 rings (SSSR count). The maximum absolute atomic E-state index is 5.86. The summed E-state index contributed by atoms with van der Waals surface area (Å²) in [5.74, 6) is 0. The molecular formula is C10H8Cl2N2. The second kappa shape index (κ2) is 3.23. The van der Waals surface area contributed by atoms with E-state index in [-0.39, 0.29) is 0 Å². The van der Waals surface area contributed by atoms with E-state index in [1.54, 1.807) is 24.3 Å². The molecule has 0 aliphatic heterocycles. The normalized spacial score (nSPS) is 10.7. The van der Waals surface area contributed by atoms with E-state index in [0.29, 0.717) is 21.4 Å². The number of fused-ring (bicyclic) bond motifs is 1. The number of hydrogen-bond acceptors (Lipinski definition) is 2. The third-order valence-electron chi connectivity index (χ3n) is 2.04. The highest BCUT2D eigenvalue weighted by Crippen LogP contribution is 2.32. The van der Waals surface area contributed by atoms with Crippen molar-refractivity contribution in [1.82, 2.24) is 0 Å². The van der Waals surface area contributed by atoms with Crippen LogP contribution in [0.2, 0.25) is 10.0 Å². The third-order valence-corrected chi connectivity index (χ3v) is 2.48. The van der Waals surface area contributed by atoms with Crippen LogP contribution in [0.5, 0.6) is 0 Å². The van der Waals surface area contributed by atoms with E-state index in [1.807, 2.05) is 0 Å². The highest BCUT2D eigenvalue weighted by atomic mass is 35.5. The molecule has 2 aromatic carbocycles. The Bertz CT molecular complexity index is 466. The van der Waals surface area contributed by atoms with Gasteiger partial charge in [-0.3, -0.25) is 0 Å². The van der Waals surface area contributed by atoms with Gasteiger partial charge in [0.25, 0.3) is 0 Å². The molecule has 0 saturated carbocycles. The van der Waals surface area contributed by atoms with Crippen molar-refractivity contribution in [3.8, 4) is 0 Å². The van der Waals surface area contributed by atoms with Gasteiger partial charge in [-0.2, -0.15) is 0 Å². The van der Waals surface area contributed by atoms with Crippen LogP contribution in [-0.4, -0.2) is 0 Å². The van der Waals surface area contributed by atoms with Crippen LogP contribution < -0.4 is 11.5 Å². The van der Waals surface area contributed by atoms with Crippen molar-refractivity contribution in [1.29, 1.82) is 0 Å². The Morgan fingerprint density at radius 3 is 1.64 bits per heavy atom. The Hall–Kier alpha value is -1.12. The van der Waals surface area contributed by atoms with Crippen LogP contribution in [0.15, 0.2) is 24.3 Å². The molecule has 72 valence electrons. The van der Waals surface area contributed by atoms with E-state index in [4.69, 9.17) is 34.7 Å². The average Bonchev–Trinajstić information content (AvgIpc) is 1.99. The average molecular weight is 227 g/mol. The van der Waals surface area contributed by atoms with Crippen LogP contribution >= 0.6 is 23.2 Å². The SMILES string of the molecule is Nc1cc(Cl)cc2cc(Cl)cc(N)c12. The van der Waals surface area contributed by atoms with Crippen molar-refractivity contribution in [2.75, 3.05) is 11.5 Å². The van der Waals surface area contributed by atoms with E-state index < -0.39 is 0 Å². The Morgan fingerprint density at radius 2 is 1.21 bits per heavy atom. The number of rotatable bonds is 0. The van der Waals surface area contributed by atoms with Gasteiger partial charge in [0.15, 0.2) is 0 Å². The van der Waals surface area contributed by atoms with Gasteiger partial charge in [0.2, 0.25) is 0 Å². The zero-order valence-electron chi connectivity index (χ0n) is 7.22. The standard InChI is InChI=1S/C10H8Cl2N2/c11-6-1-5-2-7(12)4-9(14)10(5)8(13)3-6/h1-4H,13-14H2. The zero-order chi connectivity index (χ0) is 10.3. The smallest absolute Gasteiger partial charge is 0.0432 e. The van der Waals surface area contributed by atoms with Crippen LogP contribution in [0.25, 0.3) is 10.8 Å². The monoisotopic (exact) mass is 226 g/mol. The van der Waals surface area contributed by atoms with Crippen LogP contribution in [0.3, 0.4) is 0 Å². The molecule has 14 heavy (non-hydrogen) atoms. The summed E-state index contributed by atoms with van der Waals surface area (Å²) in [4.78, 5) is 0. The second-order valence-corrected chi connectivity index (χ2v) is 3.96. The molecule has 0 aliphatic rings. The maximum Gasteiger partial charge on any atom is 0.0432 e. The first-order valence-corrected chi connectivity index (χ1v) is 4.77. The summed E-state index contributed by atoms with van der Waals surface area (Å²) in [6.07, 6.45) is 0. The maximum atomic E-state index is 5.86. The van der Waals surface area contributed by atoms with E-state index in [9.17, 15) is 0 Å². The summed E-state index contributed by atoms with van der Waals surface area (Å²) >= 11 is 11.7. The summed E-state index contributed by atoms with van der Waals surface area (Å²) in [6.45, 7) is 0. The van der Waals surface area contributed by atoms with E-state index in [1.165, 1.54) is 0 Å². The molecule has 0 aromatic heterocycles. The number of nitrogens with two attached hydrogens (primary N) is 2. The fourth-order valence-corrected chi connectivity index (χ4v) is 1.98. The molecule has 0 spiro atoms. The van der Waals surface area contributed by atoms with E-state index >= 15 is 0 Å². The Morgan fingerprint density at radius 1 is 0.786 bits per heavy atom. The van der Waals surface area contributed by atoms with Gasteiger partial charge in [-0.15, -0.1) is 0 Å². The van der Waals surface area contributed by atoms with Crippen molar-refractivity contribution in [3.63, 3.8) is 0 Å². The summed E-state index contributed by atoms with van der Waals surface area (Å²) in [5.41, 5.74) is 12.7. The summed E-state index contributed by atoms with van der Waals surface area (Å²) < 4.78 is 0. The fourth-order valence-electron chi connectivity index (χ4n) is 1.51. The van der Waals surface area contributed by atoms with Gasteiger partial charge in [0, 0.05) is 26.8 Å². The van der Waals surface area contributed by atoms with Crippen molar-refractivity contribution < 1.29 is 0 Å². The lowest BCUT2D eigenvalue weighted by molar-refractivity contribution is 1.71. The van der Waals surface area contributed by atoms with Crippen molar-refractivity contribution in [2.24, 2.45) is 0 Å². The first-order valence-electron chi connectivity index (χ1n) is 4.01. The third kappa shape index (κ3) is 1.47. The van der Waals surface area contributed by atoms with Crippen molar-refractivity contribution in [3.05, 3.63) is 34.3 Å². The Kier molecular flexibility index (Phi) is 2.17. The highest BCUT2D eigenvalue weighted by molar-refractivity contribution is 6.34. The first kappa shape index (κ1) is 9.44. The Labute approximate surface area is 91.4 Å². The molecule has 0 fully saturated rings.